The Morgan fingerprint density at radius 2 is 2.05 bits per heavy atom. The highest BCUT2D eigenvalue weighted by atomic mass is 79.9. The van der Waals surface area contributed by atoms with E-state index >= 15 is 0 Å². The van der Waals surface area contributed by atoms with Crippen LogP contribution in [0.25, 0.3) is 0 Å². The molecule has 0 saturated carbocycles. The third kappa shape index (κ3) is 3.68. The van der Waals surface area contributed by atoms with Gasteiger partial charge in [-0.1, -0.05) is 45.7 Å². The predicted octanol–water partition coefficient (Wildman–Crippen LogP) is 5.31. The molecule has 2 atom stereocenters. The van der Waals surface area contributed by atoms with Gasteiger partial charge in [-0.15, -0.1) is 0 Å². The third-order valence-electron chi connectivity index (χ3n) is 4.23. The molecule has 0 bridgehead atoms. The number of hydrogen-bond donors (Lipinski definition) is 1. The number of aryl methyl sites for hydroxylation is 1. The van der Waals surface area contributed by atoms with Crippen LogP contribution in [-0.4, -0.2) is 6.04 Å². The Labute approximate surface area is 139 Å². The Hall–Kier alpha value is -0.830. The molecular formula is C18H19BrClN. The van der Waals surface area contributed by atoms with E-state index in [4.69, 9.17) is 11.6 Å². The number of halogens is 2. The van der Waals surface area contributed by atoms with Crippen LogP contribution in [0.2, 0.25) is 5.02 Å². The van der Waals surface area contributed by atoms with E-state index in [0.29, 0.717) is 12.1 Å². The fourth-order valence-electron chi connectivity index (χ4n) is 3.09. The predicted molar refractivity (Wildman–Crippen MR) is 93.0 cm³/mol. The van der Waals surface area contributed by atoms with Gasteiger partial charge >= 0.3 is 0 Å². The molecule has 21 heavy (non-hydrogen) atoms. The lowest BCUT2D eigenvalue weighted by Gasteiger charge is -2.29. The van der Waals surface area contributed by atoms with E-state index in [-0.39, 0.29) is 0 Å². The minimum Gasteiger partial charge on any atom is -0.307 e. The summed E-state index contributed by atoms with van der Waals surface area (Å²) in [6, 6.07) is 15.6. The zero-order valence-corrected chi connectivity index (χ0v) is 14.4. The number of hydrogen-bond acceptors (Lipinski definition) is 1. The first-order valence-electron chi connectivity index (χ1n) is 7.40. The summed E-state index contributed by atoms with van der Waals surface area (Å²) in [5.41, 5.74) is 4.21. The van der Waals surface area contributed by atoms with E-state index in [1.54, 1.807) is 0 Å². The average Bonchev–Trinajstić information content (AvgIpc) is 2.47. The van der Waals surface area contributed by atoms with Gasteiger partial charge in [0.05, 0.1) is 0 Å². The standard InChI is InChI=1S/C18H19BrClN/c1-12(13-3-2-4-17(20)10-13)21-18-8-6-14-9-16(19)7-5-15(14)11-18/h2-5,7,9-10,12,18,21H,6,8,11H2,1H3/t12-,18?/m1/s1. The Balaban J connectivity index is 1.68. The van der Waals surface area contributed by atoms with Crippen LogP contribution in [0, 0.1) is 0 Å². The maximum absolute atomic E-state index is 6.08. The molecule has 1 nitrogen and oxygen atoms in total. The van der Waals surface area contributed by atoms with Crippen molar-refractivity contribution in [2.24, 2.45) is 0 Å². The van der Waals surface area contributed by atoms with Crippen LogP contribution >= 0.6 is 27.5 Å². The molecule has 1 aliphatic carbocycles. The van der Waals surface area contributed by atoms with Crippen molar-refractivity contribution in [3.05, 3.63) is 68.7 Å². The lowest BCUT2D eigenvalue weighted by atomic mass is 9.88. The molecule has 0 aliphatic heterocycles. The van der Waals surface area contributed by atoms with Gasteiger partial charge in [-0.25, -0.2) is 0 Å². The third-order valence-corrected chi connectivity index (χ3v) is 4.96. The van der Waals surface area contributed by atoms with E-state index in [1.807, 2.05) is 18.2 Å². The van der Waals surface area contributed by atoms with Gasteiger partial charge in [0, 0.05) is 21.6 Å². The molecule has 2 aromatic rings. The van der Waals surface area contributed by atoms with Crippen molar-refractivity contribution < 1.29 is 0 Å². The summed E-state index contributed by atoms with van der Waals surface area (Å²) in [7, 11) is 0. The van der Waals surface area contributed by atoms with Crippen LogP contribution < -0.4 is 5.32 Å². The van der Waals surface area contributed by atoms with Crippen LogP contribution in [0.1, 0.15) is 36.1 Å². The summed E-state index contributed by atoms with van der Waals surface area (Å²) in [5, 5.41) is 4.55. The molecule has 1 N–H and O–H groups in total. The number of fused-ring (bicyclic) bond motifs is 1. The largest absolute Gasteiger partial charge is 0.307 e. The van der Waals surface area contributed by atoms with Crippen molar-refractivity contribution in [1.82, 2.24) is 5.32 Å². The van der Waals surface area contributed by atoms with Gasteiger partial charge in [-0.3, -0.25) is 0 Å². The second kappa shape index (κ2) is 6.51. The maximum atomic E-state index is 6.08. The van der Waals surface area contributed by atoms with Gasteiger partial charge in [0.25, 0.3) is 0 Å². The Bertz CT molecular complexity index is 641. The van der Waals surface area contributed by atoms with E-state index in [1.165, 1.54) is 27.6 Å². The molecule has 1 aliphatic rings. The van der Waals surface area contributed by atoms with Crippen molar-refractivity contribution in [3.63, 3.8) is 0 Å². The van der Waals surface area contributed by atoms with Crippen LogP contribution in [0.4, 0.5) is 0 Å². The molecule has 0 spiro atoms. The fraction of sp³-hybridized carbons (Fsp3) is 0.333. The smallest absolute Gasteiger partial charge is 0.0409 e. The van der Waals surface area contributed by atoms with Gasteiger partial charge in [-0.2, -0.15) is 0 Å². The molecule has 0 aromatic heterocycles. The molecule has 0 amide bonds. The highest BCUT2D eigenvalue weighted by molar-refractivity contribution is 9.10. The van der Waals surface area contributed by atoms with Crippen LogP contribution in [0.3, 0.4) is 0 Å². The molecule has 0 heterocycles. The molecular weight excluding hydrogens is 346 g/mol. The molecule has 0 radical (unpaired) electrons. The zero-order valence-electron chi connectivity index (χ0n) is 12.1. The fourth-order valence-corrected chi connectivity index (χ4v) is 3.70. The summed E-state index contributed by atoms with van der Waals surface area (Å²) in [6.45, 7) is 2.21. The summed E-state index contributed by atoms with van der Waals surface area (Å²) < 4.78 is 1.18. The second-order valence-electron chi connectivity index (χ2n) is 5.80. The van der Waals surface area contributed by atoms with Crippen molar-refractivity contribution in [3.8, 4) is 0 Å². The van der Waals surface area contributed by atoms with Crippen molar-refractivity contribution in [2.75, 3.05) is 0 Å². The second-order valence-corrected chi connectivity index (χ2v) is 7.15. The molecule has 3 rings (SSSR count). The lowest BCUT2D eigenvalue weighted by molar-refractivity contribution is 0.413. The minimum atomic E-state index is 0.325. The molecule has 110 valence electrons. The molecule has 0 saturated heterocycles. The average molecular weight is 365 g/mol. The Kier molecular flexibility index (Phi) is 4.68. The van der Waals surface area contributed by atoms with Crippen LogP contribution in [0.15, 0.2) is 46.9 Å². The number of nitrogens with one attached hydrogen (secondary N) is 1. The Morgan fingerprint density at radius 1 is 1.19 bits per heavy atom. The van der Waals surface area contributed by atoms with Gasteiger partial charge in [0.15, 0.2) is 0 Å². The maximum Gasteiger partial charge on any atom is 0.0409 e. The normalized spacial score (nSPS) is 19.1. The molecule has 1 unspecified atom stereocenters. The van der Waals surface area contributed by atoms with E-state index in [0.717, 1.165) is 17.9 Å². The molecule has 0 fully saturated rings. The molecule has 2 aromatic carbocycles. The van der Waals surface area contributed by atoms with E-state index in [9.17, 15) is 0 Å². The highest BCUT2D eigenvalue weighted by Gasteiger charge is 2.20. The highest BCUT2D eigenvalue weighted by Crippen LogP contribution is 2.26. The monoisotopic (exact) mass is 363 g/mol. The number of benzene rings is 2. The quantitative estimate of drug-likeness (QED) is 0.778. The first-order chi connectivity index (χ1) is 10.1. The van der Waals surface area contributed by atoms with Crippen molar-refractivity contribution >= 4 is 27.5 Å². The van der Waals surface area contributed by atoms with E-state index in [2.05, 4.69) is 52.4 Å². The SMILES string of the molecule is C[C@@H](NC1CCc2cc(Br)ccc2C1)c1cccc(Cl)c1. The summed E-state index contributed by atoms with van der Waals surface area (Å²) in [6.07, 6.45) is 3.44. The van der Waals surface area contributed by atoms with Crippen molar-refractivity contribution in [2.45, 2.75) is 38.3 Å². The topological polar surface area (TPSA) is 12.0 Å². The van der Waals surface area contributed by atoms with Gasteiger partial charge in [-0.05, 0) is 67.1 Å². The summed E-state index contributed by atoms with van der Waals surface area (Å²) >= 11 is 9.64. The van der Waals surface area contributed by atoms with Gasteiger partial charge in [0.1, 0.15) is 0 Å². The zero-order chi connectivity index (χ0) is 14.8. The van der Waals surface area contributed by atoms with E-state index < -0.39 is 0 Å². The van der Waals surface area contributed by atoms with Crippen LogP contribution in [0.5, 0.6) is 0 Å². The summed E-state index contributed by atoms with van der Waals surface area (Å²) in [4.78, 5) is 0. The van der Waals surface area contributed by atoms with Gasteiger partial charge < -0.3 is 5.32 Å². The lowest BCUT2D eigenvalue weighted by Crippen LogP contribution is -2.36. The first-order valence-corrected chi connectivity index (χ1v) is 8.58. The molecule has 3 heteroatoms. The Morgan fingerprint density at radius 3 is 2.86 bits per heavy atom. The van der Waals surface area contributed by atoms with Crippen molar-refractivity contribution in [1.29, 1.82) is 0 Å². The first kappa shape index (κ1) is 15.1. The number of rotatable bonds is 3. The summed E-state index contributed by atoms with van der Waals surface area (Å²) in [5.74, 6) is 0. The van der Waals surface area contributed by atoms with Gasteiger partial charge in [0.2, 0.25) is 0 Å². The van der Waals surface area contributed by atoms with Crippen LogP contribution in [-0.2, 0) is 12.8 Å². The minimum absolute atomic E-state index is 0.325.